The van der Waals surface area contributed by atoms with Crippen LogP contribution >= 0.6 is 30.9 Å². The van der Waals surface area contributed by atoms with Gasteiger partial charge in [-0.15, -0.1) is 23.2 Å². The van der Waals surface area contributed by atoms with E-state index in [1.807, 2.05) is 6.92 Å². The predicted octanol–water partition coefficient (Wildman–Crippen LogP) is 3.44. The number of hydrogen-bond donors (Lipinski definition) is 1. The van der Waals surface area contributed by atoms with Gasteiger partial charge in [-0.3, -0.25) is 4.57 Å². The van der Waals surface area contributed by atoms with E-state index in [2.05, 4.69) is 12.0 Å². The molecule has 0 bridgehead atoms. The first-order valence-electron chi connectivity index (χ1n) is 6.49. The molecule has 0 amide bonds. The summed E-state index contributed by atoms with van der Waals surface area (Å²) < 4.78 is 20.4. The number of rotatable bonds is 7. The van der Waals surface area contributed by atoms with Crippen molar-refractivity contribution in [3.63, 3.8) is 0 Å². The van der Waals surface area contributed by atoms with Crippen LogP contribution in [0, 0.1) is 0 Å². The van der Waals surface area contributed by atoms with Crippen molar-refractivity contribution in [2.45, 2.75) is 45.3 Å². The van der Waals surface area contributed by atoms with Gasteiger partial charge in [0.25, 0.3) is 0 Å². The highest BCUT2D eigenvalue weighted by atomic mass is 35.5. The summed E-state index contributed by atoms with van der Waals surface area (Å²) in [7, 11) is -2.98. The van der Waals surface area contributed by atoms with Gasteiger partial charge in [-0.05, 0) is 19.8 Å². The van der Waals surface area contributed by atoms with E-state index in [1.54, 1.807) is 4.67 Å². The highest BCUT2D eigenvalue weighted by molar-refractivity contribution is 7.54. The first-order chi connectivity index (χ1) is 8.55. The van der Waals surface area contributed by atoms with Gasteiger partial charge >= 0.3 is 7.67 Å². The normalized spacial score (nSPS) is 32.9. The minimum atomic E-state index is -2.98. The average Bonchev–Trinajstić information content (AvgIpc) is 2.28. The molecule has 0 saturated carbocycles. The molecule has 108 valence electrons. The van der Waals surface area contributed by atoms with Gasteiger partial charge in [-0.1, -0.05) is 13.3 Å². The van der Waals surface area contributed by atoms with Gasteiger partial charge in [0.1, 0.15) is 0 Å². The van der Waals surface area contributed by atoms with E-state index < -0.39 is 7.67 Å². The molecule has 0 aromatic heterocycles. The second-order valence-corrected chi connectivity index (χ2v) is 7.47. The van der Waals surface area contributed by atoms with Gasteiger partial charge in [0.05, 0.1) is 6.10 Å². The van der Waals surface area contributed by atoms with Gasteiger partial charge in [-0.25, -0.2) is 9.76 Å². The number of halogens is 2. The maximum absolute atomic E-state index is 12.9. The molecular formula is C11H23Cl2N2O2P. The molecule has 18 heavy (non-hydrogen) atoms. The Morgan fingerprint density at radius 1 is 1.39 bits per heavy atom. The number of alkyl halides is 2. The molecule has 1 rings (SSSR count). The van der Waals surface area contributed by atoms with Crippen LogP contribution in [0.25, 0.3) is 0 Å². The summed E-state index contributed by atoms with van der Waals surface area (Å²) in [6.45, 7) is 5.18. The third-order valence-corrected chi connectivity index (χ3v) is 5.79. The molecule has 1 saturated heterocycles. The van der Waals surface area contributed by atoms with Crippen molar-refractivity contribution in [3.8, 4) is 0 Å². The second kappa shape index (κ2) is 8.08. The van der Waals surface area contributed by atoms with E-state index in [9.17, 15) is 4.57 Å². The number of nitrogens with one attached hydrogen (secondary N) is 1. The van der Waals surface area contributed by atoms with Crippen molar-refractivity contribution in [2.24, 2.45) is 0 Å². The third kappa shape index (κ3) is 4.66. The summed E-state index contributed by atoms with van der Waals surface area (Å²) >= 11 is 11.5. The van der Waals surface area contributed by atoms with Gasteiger partial charge in [-0.2, -0.15) is 0 Å². The molecule has 7 heteroatoms. The van der Waals surface area contributed by atoms with E-state index >= 15 is 0 Å². The maximum atomic E-state index is 12.9. The number of hydrogen-bond acceptors (Lipinski definition) is 2. The van der Waals surface area contributed by atoms with Crippen LogP contribution in [0.15, 0.2) is 0 Å². The van der Waals surface area contributed by atoms with E-state index in [0.29, 0.717) is 24.8 Å². The zero-order chi connectivity index (χ0) is 13.6. The van der Waals surface area contributed by atoms with E-state index in [-0.39, 0.29) is 12.1 Å². The molecule has 0 spiro atoms. The molecule has 0 aromatic rings. The van der Waals surface area contributed by atoms with Gasteiger partial charge in [0.15, 0.2) is 0 Å². The minimum Gasteiger partial charge on any atom is -0.303 e. The van der Waals surface area contributed by atoms with Crippen molar-refractivity contribution >= 4 is 30.9 Å². The van der Waals surface area contributed by atoms with E-state index in [4.69, 9.17) is 27.7 Å². The molecule has 1 fully saturated rings. The van der Waals surface area contributed by atoms with Crippen LogP contribution in [0.3, 0.4) is 0 Å². The lowest BCUT2D eigenvalue weighted by molar-refractivity contribution is 0.123. The fourth-order valence-corrected chi connectivity index (χ4v) is 5.20. The van der Waals surface area contributed by atoms with Gasteiger partial charge < -0.3 is 4.52 Å². The van der Waals surface area contributed by atoms with Crippen LogP contribution in [0.1, 0.15) is 33.1 Å². The second-order valence-electron chi connectivity index (χ2n) is 4.63. The van der Waals surface area contributed by atoms with Crippen molar-refractivity contribution in [1.29, 1.82) is 0 Å². The summed E-state index contributed by atoms with van der Waals surface area (Å²) in [5, 5.41) is 3.09. The monoisotopic (exact) mass is 316 g/mol. The lowest BCUT2D eigenvalue weighted by Crippen LogP contribution is -2.43. The summed E-state index contributed by atoms with van der Waals surface area (Å²) in [4.78, 5) is 0. The molecule has 1 aliphatic rings. The van der Waals surface area contributed by atoms with Crippen LogP contribution in [0.5, 0.6) is 0 Å². The molecule has 3 unspecified atom stereocenters. The van der Waals surface area contributed by atoms with Gasteiger partial charge in [0, 0.05) is 30.9 Å². The minimum absolute atomic E-state index is 0.0604. The van der Waals surface area contributed by atoms with Gasteiger partial charge in [0.2, 0.25) is 0 Å². The summed E-state index contributed by atoms with van der Waals surface area (Å²) in [6, 6.07) is 0.189. The number of nitrogens with zero attached hydrogens (tertiary/aromatic N) is 1. The van der Waals surface area contributed by atoms with E-state index in [1.165, 1.54) is 0 Å². The molecule has 0 radical (unpaired) electrons. The summed E-state index contributed by atoms with van der Waals surface area (Å²) in [6.07, 6.45) is 2.92. The molecule has 0 aliphatic carbocycles. The Hall–Kier alpha value is 0.690. The molecule has 1 heterocycles. The molecule has 0 aromatic carbocycles. The Morgan fingerprint density at radius 2 is 2.00 bits per heavy atom. The van der Waals surface area contributed by atoms with Crippen LogP contribution in [0.4, 0.5) is 0 Å². The fourth-order valence-electron chi connectivity index (χ4n) is 2.21. The highest BCUT2D eigenvalue weighted by Crippen LogP contribution is 2.52. The SMILES string of the molecule is CCCC1CC(C)NP(=O)(N(CCCl)CCCl)O1. The topological polar surface area (TPSA) is 41.6 Å². The molecule has 1 N–H and O–H groups in total. The van der Waals surface area contributed by atoms with Crippen LogP contribution in [-0.4, -0.2) is 41.7 Å². The largest absolute Gasteiger partial charge is 0.344 e. The zero-order valence-corrected chi connectivity index (χ0v) is 13.5. The average molecular weight is 317 g/mol. The Bertz CT molecular complexity index is 288. The summed E-state index contributed by atoms with van der Waals surface area (Å²) in [5.41, 5.74) is 0. The molecular weight excluding hydrogens is 294 g/mol. The Morgan fingerprint density at radius 3 is 2.50 bits per heavy atom. The van der Waals surface area contributed by atoms with Crippen molar-refractivity contribution in [2.75, 3.05) is 24.8 Å². The van der Waals surface area contributed by atoms with Crippen molar-refractivity contribution in [1.82, 2.24) is 9.76 Å². The Balaban J connectivity index is 2.76. The molecule has 1 aliphatic heterocycles. The molecule has 4 nitrogen and oxygen atoms in total. The van der Waals surface area contributed by atoms with E-state index in [0.717, 1.165) is 19.3 Å². The summed E-state index contributed by atoms with van der Waals surface area (Å²) in [5.74, 6) is 0.831. The predicted molar refractivity (Wildman–Crippen MR) is 77.6 cm³/mol. The quantitative estimate of drug-likeness (QED) is 0.577. The lowest BCUT2D eigenvalue weighted by atomic mass is 10.1. The zero-order valence-electron chi connectivity index (χ0n) is 11.1. The molecule has 3 atom stereocenters. The van der Waals surface area contributed by atoms with Crippen molar-refractivity contribution < 1.29 is 9.09 Å². The first kappa shape index (κ1) is 16.7. The Kier molecular flexibility index (Phi) is 7.52. The fraction of sp³-hybridized carbons (Fsp3) is 1.00. The van der Waals surface area contributed by atoms with Crippen LogP contribution in [0.2, 0.25) is 0 Å². The van der Waals surface area contributed by atoms with Crippen molar-refractivity contribution in [3.05, 3.63) is 0 Å². The smallest absolute Gasteiger partial charge is 0.303 e. The van der Waals surface area contributed by atoms with Crippen LogP contribution < -0.4 is 5.09 Å². The standard InChI is InChI=1S/C11H23Cl2N2O2P/c1-3-4-11-9-10(2)14-18(16,17-11)15(7-5-12)8-6-13/h10-11H,3-9H2,1-2H3,(H,14,16). The third-order valence-electron chi connectivity index (χ3n) is 2.96. The maximum Gasteiger partial charge on any atom is 0.344 e. The Labute approximate surface area is 120 Å². The highest BCUT2D eigenvalue weighted by Gasteiger charge is 2.39. The lowest BCUT2D eigenvalue weighted by Gasteiger charge is -2.39. The van der Waals surface area contributed by atoms with Crippen LogP contribution in [-0.2, 0) is 9.09 Å². The first-order valence-corrected chi connectivity index (χ1v) is 9.14.